The molecule has 2 amide bonds. The van der Waals surface area contributed by atoms with Crippen molar-refractivity contribution in [3.63, 3.8) is 0 Å². The second kappa shape index (κ2) is 10.1. The van der Waals surface area contributed by atoms with Crippen molar-refractivity contribution in [2.45, 2.75) is 39.0 Å². The van der Waals surface area contributed by atoms with E-state index in [-0.39, 0.29) is 24.6 Å². The number of aromatic nitrogens is 1. The first kappa shape index (κ1) is 23.0. The predicted molar refractivity (Wildman–Crippen MR) is 120 cm³/mol. The summed E-state index contributed by atoms with van der Waals surface area (Å²) in [5.74, 6) is -0.0789. The van der Waals surface area contributed by atoms with Crippen LogP contribution in [-0.4, -0.2) is 58.6 Å². The number of hydrogen-bond donors (Lipinski definition) is 1. The van der Waals surface area contributed by atoms with Gasteiger partial charge in [-0.2, -0.15) is 0 Å². The van der Waals surface area contributed by atoms with E-state index in [0.717, 1.165) is 11.1 Å². The van der Waals surface area contributed by atoms with E-state index in [4.69, 9.17) is 16.3 Å². The van der Waals surface area contributed by atoms with E-state index in [0.29, 0.717) is 31.2 Å². The number of ether oxygens (including phenoxy) is 1. The number of hydrogen-bond acceptors (Lipinski definition) is 5. The van der Waals surface area contributed by atoms with Crippen LogP contribution in [0, 0.1) is 0 Å². The second-order valence-corrected chi connectivity index (χ2v) is 9.04. The number of nitrogens with one attached hydrogen (secondary N) is 1. The molecule has 0 bridgehead atoms. The highest BCUT2D eigenvalue weighted by atomic mass is 35.5. The molecule has 1 aliphatic rings. The fourth-order valence-electron chi connectivity index (χ4n) is 3.49. The molecule has 1 saturated heterocycles. The lowest BCUT2D eigenvalue weighted by atomic mass is 10.0. The predicted octanol–water partition coefficient (Wildman–Crippen LogP) is 3.65. The van der Waals surface area contributed by atoms with Gasteiger partial charge in [0.2, 0.25) is 5.91 Å². The average molecular weight is 445 g/mol. The van der Waals surface area contributed by atoms with Crippen LogP contribution >= 0.6 is 11.6 Å². The summed E-state index contributed by atoms with van der Waals surface area (Å²) < 4.78 is 5.54. The molecule has 2 heterocycles. The minimum Gasteiger partial charge on any atom is -0.444 e. The molecule has 1 unspecified atom stereocenters. The van der Waals surface area contributed by atoms with Crippen LogP contribution in [0.2, 0.25) is 5.02 Å². The Hall–Kier alpha value is -2.64. The van der Waals surface area contributed by atoms with Crippen molar-refractivity contribution in [2.24, 2.45) is 0 Å². The standard InChI is InChI=1S/C23H29ClN4O3/c1-23(2,3)31-22(30)28-12-11-27(20(15-28)18-7-9-25-10-8-18)16-21(29)26-14-17-5-4-6-19(24)13-17/h4-10,13,20H,11-12,14-16H2,1-3H3,(H,26,29). The van der Waals surface area contributed by atoms with Crippen LogP contribution in [0.3, 0.4) is 0 Å². The molecule has 166 valence electrons. The average Bonchev–Trinajstić information content (AvgIpc) is 2.72. The number of halogens is 1. The SMILES string of the molecule is CC(C)(C)OC(=O)N1CCN(CC(=O)NCc2cccc(Cl)c2)C(c2ccncc2)C1. The quantitative estimate of drug-likeness (QED) is 0.761. The van der Waals surface area contributed by atoms with Crippen molar-refractivity contribution < 1.29 is 14.3 Å². The van der Waals surface area contributed by atoms with Crippen molar-refractivity contribution in [3.8, 4) is 0 Å². The van der Waals surface area contributed by atoms with Gasteiger partial charge in [-0.3, -0.25) is 14.7 Å². The van der Waals surface area contributed by atoms with Crippen molar-refractivity contribution in [2.75, 3.05) is 26.2 Å². The summed E-state index contributed by atoms with van der Waals surface area (Å²) in [5, 5.41) is 3.60. The number of benzene rings is 1. The number of nitrogens with zero attached hydrogens (tertiary/aromatic N) is 3. The van der Waals surface area contributed by atoms with Crippen LogP contribution in [0.25, 0.3) is 0 Å². The molecule has 1 fully saturated rings. The lowest BCUT2D eigenvalue weighted by molar-refractivity contribution is -0.123. The van der Waals surface area contributed by atoms with Crippen LogP contribution in [0.1, 0.15) is 37.9 Å². The first-order valence-electron chi connectivity index (χ1n) is 10.3. The fraction of sp³-hybridized carbons (Fsp3) is 0.435. The number of pyridine rings is 1. The molecule has 7 nitrogen and oxygen atoms in total. The summed E-state index contributed by atoms with van der Waals surface area (Å²) in [7, 11) is 0. The number of amides is 2. The Balaban J connectivity index is 1.65. The Labute approximate surface area is 188 Å². The first-order valence-corrected chi connectivity index (χ1v) is 10.7. The van der Waals surface area contributed by atoms with Gasteiger partial charge in [-0.25, -0.2) is 4.79 Å². The molecule has 1 aromatic carbocycles. The molecule has 1 N–H and O–H groups in total. The molecule has 1 aliphatic heterocycles. The highest BCUT2D eigenvalue weighted by molar-refractivity contribution is 6.30. The van der Waals surface area contributed by atoms with Gasteiger partial charge < -0.3 is 15.0 Å². The number of carbonyl (C=O) groups is 2. The second-order valence-electron chi connectivity index (χ2n) is 8.60. The maximum Gasteiger partial charge on any atom is 0.410 e. The van der Waals surface area contributed by atoms with E-state index < -0.39 is 5.60 Å². The van der Waals surface area contributed by atoms with E-state index in [9.17, 15) is 9.59 Å². The molecule has 3 rings (SSSR count). The van der Waals surface area contributed by atoms with E-state index >= 15 is 0 Å². The molecule has 31 heavy (non-hydrogen) atoms. The van der Waals surface area contributed by atoms with E-state index in [1.807, 2.05) is 51.1 Å². The first-order chi connectivity index (χ1) is 14.7. The van der Waals surface area contributed by atoms with E-state index in [2.05, 4.69) is 15.2 Å². The molecule has 1 aromatic heterocycles. The van der Waals surface area contributed by atoms with Crippen molar-refractivity contribution in [3.05, 3.63) is 64.9 Å². The highest BCUT2D eigenvalue weighted by Gasteiger charge is 2.33. The molecule has 0 spiro atoms. The Morgan fingerprint density at radius 3 is 2.61 bits per heavy atom. The summed E-state index contributed by atoms with van der Waals surface area (Å²) in [6.07, 6.45) is 3.11. The summed E-state index contributed by atoms with van der Waals surface area (Å²) in [6, 6.07) is 11.1. The Morgan fingerprint density at radius 1 is 1.19 bits per heavy atom. The minimum atomic E-state index is -0.555. The highest BCUT2D eigenvalue weighted by Crippen LogP contribution is 2.26. The summed E-state index contributed by atoms with van der Waals surface area (Å²) >= 11 is 6.01. The monoisotopic (exact) mass is 444 g/mol. The number of rotatable bonds is 5. The molecule has 0 saturated carbocycles. The van der Waals surface area contributed by atoms with Gasteiger partial charge in [0.25, 0.3) is 0 Å². The number of piperazine rings is 1. The molecular formula is C23H29ClN4O3. The van der Waals surface area contributed by atoms with Gasteiger partial charge in [-0.1, -0.05) is 23.7 Å². The third kappa shape index (κ3) is 6.94. The van der Waals surface area contributed by atoms with Gasteiger partial charge in [0.15, 0.2) is 0 Å². The Kier molecular flexibility index (Phi) is 7.51. The van der Waals surface area contributed by atoms with Gasteiger partial charge in [0, 0.05) is 43.6 Å². The van der Waals surface area contributed by atoms with Gasteiger partial charge >= 0.3 is 6.09 Å². The van der Waals surface area contributed by atoms with Crippen LogP contribution in [-0.2, 0) is 16.1 Å². The van der Waals surface area contributed by atoms with E-state index in [1.54, 1.807) is 23.4 Å². The van der Waals surface area contributed by atoms with Gasteiger partial charge in [0.05, 0.1) is 12.6 Å². The zero-order valence-electron chi connectivity index (χ0n) is 18.2. The zero-order valence-corrected chi connectivity index (χ0v) is 18.9. The molecule has 8 heteroatoms. The molecular weight excluding hydrogens is 416 g/mol. The van der Waals surface area contributed by atoms with Gasteiger partial charge in [-0.05, 0) is 56.2 Å². The minimum absolute atomic E-state index is 0.0789. The Bertz CT molecular complexity index is 901. The van der Waals surface area contributed by atoms with Crippen LogP contribution in [0.4, 0.5) is 4.79 Å². The lowest BCUT2D eigenvalue weighted by Gasteiger charge is -2.41. The normalized spacial score (nSPS) is 17.3. The van der Waals surface area contributed by atoms with Crippen LogP contribution < -0.4 is 5.32 Å². The zero-order chi connectivity index (χ0) is 22.4. The summed E-state index contributed by atoms with van der Waals surface area (Å²) in [4.78, 5) is 33.1. The molecule has 2 aromatic rings. The van der Waals surface area contributed by atoms with E-state index in [1.165, 1.54) is 0 Å². The summed E-state index contributed by atoms with van der Waals surface area (Å²) in [5.41, 5.74) is 1.40. The fourth-order valence-corrected chi connectivity index (χ4v) is 3.70. The maximum absolute atomic E-state index is 12.6. The summed E-state index contributed by atoms with van der Waals surface area (Å²) in [6.45, 7) is 7.71. The topological polar surface area (TPSA) is 74.8 Å². The molecule has 1 atom stereocenters. The van der Waals surface area contributed by atoms with Crippen LogP contribution in [0.5, 0.6) is 0 Å². The lowest BCUT2D eigenvalue weighted by Crippen LogP contribution is -2.53. The number of carbonyl (C=O) groups excluding carboxylic acids is 2. The third-order valence-electron chi connectivity index (χ3n) is 4.96. The Morgan fingerprint density at radius 2 is 1.94 bits per heavy atom. The van der Waals surface area contributed by atoms with Crippen molar-refractivity contribution >= 4 is 23.6 Å². The molecule has 0 radical (unpaired) electrons. The molecule has 0 aliphatic carbocycles. The smallest absolute Gasteiger partial charge is 0.410 e. The van der Waals surface area contributed by atoms with Crippen molar-refractivity contribution in [1.82, 2.24) is 20.1 Å². The van der Waals surface area contributed by atoms with Crippen LogP contribution in [0.15, 0.2) is 48.8 Å². The van der Waals surface area contributed by atoms with Crippen molar-refractivity contribution in [1.29, 1.82) is 0 Å². The third-order valence-corrected chi connectivity index (χ3v) is 5.19. The van der Waals surface area contributed by atoms with Gasteiger partial charge in [0.1, 0.15) is 5.60 Å². The van der Waals surface area contributed by atoms with Gasteiger partial charge in [-0.15, -0.1) is 0 Å². The largest absolute Gasteiger partial charge is 0.444 e. The maximum atomic E-state index is 12.6.